The second kappa shape index (κ2) is 9.76. The molecule has 0 aromatic heterocycles. The van der Waals surface area contributed by atoms with E-state index in [4.69, 9.17) is 14.2 Å². The van der Waals surface area contributed by atoms with Crippen LogP contribution in [0.15, 0.2) is 48.5 Å². The number of para-hydroxylation sites is 3. The standard InChI is InChI=1S/C18H18N2O7/c1-25-15-8-4-2-6-13(15)10-19-17(21)11-27-18(22)12-26-16-9-5-3-7-14(16)20(23)24/h2-9H,10-12H2,1H3,(H,19,21). The zero-order valence-corrected chi connectivity index (χ0v) is 14.5. The van der Waals surface area contributed by atoms with Gasteiger partial charge in [0.25, 0.3) is 5.91 Å². The first-order chi connectivity index (χ1) is 13.0. The third-order valence-electron chi connectivity index (χ3n) is 3.44. The number of nitrogens with one attached hydrogen (secondary N) is 1. The van der Waals surface area contributed by atoms with Crippen molar-refractivity contribution in [3.05, 3.63) is 64.2 Å². The van der Waals surface area contributed by atoms with Crippen LogP contribution in [0.4, 0.5) is 5.69 Å². The number of nitro benzene ring substituents is 1. The molecular formula is C18H18N2O7. The molecule has 9 nitrogen and oxygen atoms in total. The molecule has 2 aromatic carbocycles. The molecule has 2 aromatic rings. The van der Waals surface area contributed by atoms with Gasteiger partial charge >= 0.3 is 11.7 Å². The van der Waals surface area contributed by atoms with Crippen LogP contribution in [0, 0.1) is 10.1 Å². The van der Waals surface area contributed by atoms with Crippen molar-refractivity contribution in [1.82, 2.24) is 5.32 Å². The lowest BCUT2D eigenvalue weighted by molar-refractivity contribution is -0.385. The first kappa shape index (κ1) is 19.7. The maximum Gasteiger partial charge on any atom is 0.344 e. The first-order valence-electron chi connectivity index (χ1n) is 7.91. The minimum absolute atomic E-state index is 0.0555. The Morgan fingerprint density at radius 2 is 1.70 bits per heavy atom. The largest absolute Gasteiger partial charge is 0.496 e. The molecule has 0 aliphatic carbocycles. The molecule has 0 aliphatic rings. The van der Waals surface area contributed by atoms with E-state index >= 15 is 0 Å². The molecule has 0 heterocycles. The SMILES string of the molecule is COc1ccccc1CNC(=O)COC(=O)COc1ccccc1[N+](=O)[O-]. The molecule has 0 aliphatic heterocycles. The summed E-state index contributed by atoms with van der Waals surface area (Å²) in [5.74, 6) is -0.742. The van der Waals surface area contributed by atoms with Gasteiger partial charge in [-0.15, -0.1) is 0 Å². The Kier molecular flexibility index (Phi) is 7.12. The number of nitro groups is 1. The van der Waals surface area contributed by atoms with Crippen LogP contribution in [0.1, 0.15) is 5.56 Å². The summed E-state index contributed by atoms with van der Waals surface area (Å²) in [4.78, 5) is 33.7. The van der Waals surface area contributed by atoms with E-state index in [-0.39, 0.29) is 18.0 Å². The van der Waals surface area contributed by atoms with Crippen LogP contribution in [0.25, 0.3) is 0 Å². The Hall–Kier alpha value is -3.62. The van der Waals surface area contributed by atoms with Crippen molar-refractivity contribution in [2.75, 3.05) is 20.3 Å². The number of carbonyl (C=O) groups excluding carboxylic acids is 2. The summed E-state index contributed by atoms with van der Waals surface area (Å²) >= 11 is 0. The van der Waals surface area contributed by atoms with Gasteiger partial charge in [0.15, 0.2) is 19.0 Å². The Labute approximate surface area is 155 Å². The summed E-state index contributed by atoms with van der Waals surface area (Å²) in [5.41, 5.74) is 0.513. The van der Waals surface area contributed by atoms with Crippen LogP contribution < -0.4 is 14.8 Å². The maximum absolute atomic E-state index is 11.8. The minimum Gasteiger partial charge on any atom is -0.496 e. The number of hydrogen-bond acceptors (Lipinski definition) is 7. The lowest BCUT2D eigenvalue weighted by atomic mass is 10.2. The number of rotatable bonds is 9. The minimum atomic E-state index is -0.819. The Morgan fingerprint density at radius 3 is 2.41 bits per heavy atom. The van der Waals surface area contributed by atoms with Crippen LogP contribution in [0.5, 0.6) is 11.5 Å². The molecule has 0 saturated heterocycles. The Balaban J connectivity index is 1.75. The second-order valence-corrected chi connectivity index (χ2v) is 5.26. The van der Waals surface area contributed by atoms with Gasteiger partial charge in [-0.25, -0.2) is 4.79 Å². The number of benzene rings is 2. The topological polar surface area (TPSA) is 117 Å². The molecule has 9 heteroatoms. The Bertz CT molecular complexity index is 823. The van der Waals surface area contributed by atoms with Crippen molar-refractivity contribution in [2.45, 2.75) is 6.54 Å². The number of amides is 1. The lowest BCUT2D eigenvalue weighted by Crippen LogP contribution is -2.29. The van der Waals surface area contributed by atoms with Crippen molar-refractivity contribution < 1.29 is 28.7 Å². The fraction of sp³-hybridized carbons (Fsp3) is 0.222. The number of carbonyl (C=O) groups is 2. The number of esters is 1. The average Bonchev–Trinajstić information content (AvgIpc) is 2.69. The second-order valence-electron chi connectivity index (χ2n) is 5.26. The van der Waals surface area contributed by atoms with Crippen LogP contribution in [0.3, 0.4) is 0 Å². The summed E-state index contributed by atoms with van der Waals surface area (Å²) in [6.07, 6.45) is 0. The molecular weight excluding hydrogens is 356 g/mol. The van der Waals surface area contributed by atoms with E-state index in [0.717, 1.165) is 5.56 Å². The fourth-order valence-electron chi connectivity index (χ4n) is 2.15. The number of hydrogen-bond donors (Lipinski definition) is 1. The smallest absolute Gasteiger partial charge is 0.344 e. The molecule has 0 unspecified atom stereocenters. The zero-order chi connectivity index (χ0) is 19.6. The molecule has 1 amide bonds. The molecule has 0 atom stereocenters. The van der Waals surface area contributed by atoms with E-state index in [9.17, 15) is 19.7 Å². The molecule has 27 heavy (non-hydrogen) atoms. The highest BCUT2D eigenvalue weighted by Crippen LogP contribution is 2.25. The number of methoxy groups -OCH3 is 1. The summed E-state index contributed by atoms with van der Waals surface area (Å²) in [7, 11) is 1.53. The average molecular weight is 374 g/mol. The van der Waals surface area contributed by atoms with Crippen molar-refractivity contribution in [3.63, 3.8) is 0 Å². The highest BCUT2D eigenvalue weighted by Gasteiger charge is 2.16. The van der Waals surface area contributed by atoms with Gasteiger partial charge in [0.1, 0.15) is 5.75 Å². The van der Waals surface area contributed by atoms with Gasteiger partial charge in [-0.1, -0.05) is 30.3 Å². The van der Waals surface area contributed by atoms with Gasteiger partial charge in [0.2, 0.25) is 0 Å². The van der Waals surface area contributed by atoms with E-state index in [1.165, 1.54) is 25.3 Å². The summed E-state index contributed by atoms with van der Waals surface area (Å²) in [6, 6.07) is 12.8. The first-order valence-corrected chi connectivity index (χ1v) is 7.91. The molecule has 2 rings (SSSR count). The quantitative estimate of drug-likeness (QED) is 0.404. The predicted molar refractivity (Wildman–Crippen MR) is 94.4 cm³/mol. The van der Waals surface area contributed by atoms with Gasteiger partial charge in [0, 0.05) is 18.2 Å². The van der Waals surface area contributed by atoms with Crippen molar-refractivity contribution in [2.24, 2.45) is 0 Å². The molecule has 0 spiro atoms. The van der Waals surface area contributed by atoms with Crippen LogP contribution in [-0.2, 0) is 20.9 Å². The van der Waals surface area contributed by atoms with Crippen molar-refractivity contribution in [3.8, 4) is 11.5 Å². The van der Waals surface area contributed by atoms with E-state index in [1.807, 2.05) is 12.1 Å². The summed E-state index contributed by atoms with van der Waals surface area (Å²) in [5, 5.41) is 13.5. The van der Waals surface area contributed by atoms with E-state index < -0.39 is 30.0 Å². The third kappa shape index (κ3) is 5.99. The molecule has 0 bridgehead atoms. The molecule has 1 N–H and O–H groups in total. The van der Waals surface area contributed by atoms with E-state index in [2.05, 4.69) is 5.32 Å². The van der Waals surface area contributed by atoms with Gasteiger partial charge in [-0.05, 0) is 12.1 Å². The van der Waals surface area contributed by atoms with Crippen molar-refractivity contribution >= 4 is 17.6 Å². The number of ether oxygens (including phenoxy) is 3. The monoisotopic (exact) mass is 374 g/mol. The molecule has 0 radical (unpaired) electrons. The molecule has 0 fully saturated rings. The zero-order valence-electron chi connectivity index (χ0n) is 14.5. The van der Waals surface area contributed by atoms with Crippen LogP contribution in [-0.4, -0.2) is 37.1 Å². The fourth-order valence-corrected chi connectivity index (χ4v) is 2.15. The molecule has 142 valence electrons. The third-order valence-corrected chi connectivity index (χ3v) is 3.44. The van der Waals surface area contributed by atoms with Crippen molar-refractivity contribution in [1.29, 1.82) is 0 Å². The van der Waals surface area contributed by atoms with Crippen LogP contribution in [0.2, 0.25) is 0 Å². The van der Waals surface area contributed by atoms with Gasteiger partial charge in [-0.3, -0.25) is 14.9 Å². The summed E-state index contributed by atoms with van der Waals surface area (Å²) in [6.45, 7) is -0.827. The maximum atomic E-state index is 11.8. The molecule has 0 saturated carbocycles. The van der Waals surface area contributed by atoms with Crippen LogP contribution >= 0.6 is 0 Å². The lowest BCUT2D eigenvalue weighted by Gasteiger charge is -2.10. The van der Waals surface area contributed by atoms with E-state index in [0.29, 0.717) is 5.75 Å². The normalized spacial score (nSPS) is 9.96. The van der Waals surface area contributed by atoms with Gasteiger partial charge < -0.3 is 19.5 Å². The number of nitrogens with zero attached hydrogens (tertiary/aromatic N) is 1. The summed E-state index contributed by atoms with van der Waals surface area (Å²) < 4.78 is 15.1. The Morgan fingerprint density at radius 1 is 1.04 bits per heavy atom. The highest BCUT2D eigenvalue weighted by molar-refractivity contribution is 5.81. The van der Waals surface area contributed by atoms with Gasteiger partial charge in [-0.2, -0.15) is 0 Å². The predicted octanol–water partition coefficient (Wildman–Crippen LogP) is 1.84. The van der Waals surface area contributed by atoms with E-state index in [1.54, 1.807) is 18.2 Å². The highest BCUT2D eigenvalue weighted by atomic mass is 16.6. The van der Waals surface area contributed by atoms with Gasteiger partial charge in [0.05, 0.1) is 12.0 Å².